The molecule has 2 amide bonds. The molecule has 174 valence electrons. The fraction of sp³-hybridized carbons (Fsp3) is 0.480. The Kier molecular flexibility index (Phi) is 10.7. The maximum atomic E-state index is 12.9. The topological polar surface area (TPSA) is 95.9 Å². The number of nitrogens with one attached hydrogen (secondary N) is 1. The van der Waals surface area contributed by atoms with E-state index >= 15 is 0 Å². The molecule has 0 aliphatic carbocycles. The molecule has 0 bridgehead atoms. The molecule has 0 spiro atoms. The Morgan fingerprint density at radius 1 is 1.22 bits per heavy atom. The highest BCUT2D eigenvalue weighted by Gasteiger charge is 2.31. The van der Waals surface area contributed by atoms with Crippen LogP contribution in [0.2, 0.25) is 0 Å². The van der Waals surface area contributed by atoms with Crippen LogP contribution in [-0.4, -0.2) is 53.5 Å². The third kappa shape index (κ3) is 7.64. The molecule has 3 atom stereocenters. The van der Waals surface area contributed by atoms with Crippen molar-refractivity contribution in [2.45, 2.75) is 50.7 Å². The first-order valence-electron chi connectivity index (χ1n) is 11.1. The van der Waals surface area contributed by atoms with Gasteiger partial charge in [-0.15, -0.1) is 13.2 Å². The van der Waals surface area contributed by atoms with E-state index in [0.717, 1.165) is 18.4 Å². The van der Waals surface area contributed by atoms with Gasteiger partial charge in [-0.05, 0) is 31.2 Å². The molecule has 1 saturated heterocycles. The van der Waals surface area contributed by atoms with Crippen molar-refractivity contribution in [3.8, 4) is 0 Å². The largest absolute Gasteiger partial charge is 0.456 e. The second-order valence-corrected chi connectivity index (χ2v) is 7.95. The van der Waals surface area contributed by atoms with E-state index in [-0.39, 0.29) is 49.8 Å². The number of allylic oxidation sites excluding steroid dienone is 2. The van der Waals surface area contributed by atoms with Crippen molar-refractivity contribution in [1.82, 2.24) is 10.2 Å². The Morgan fingerprint density at radius 2 is 1.97 bits per heavy atom. The summed E-state index contributed by atoms with van der Waals surface area (Å²) in [6, 6.07) is 9.05. The Hall–Kier alpha value is -2.93. The maximum absolute atomic E-state index is 12.9. The van der Waals surface area contributed by atoms with Gasteiger partial charge in [-0.3, -0.25) is 14.4 Å². The molecule has 7 nitrogen and oxygen atoms in total. The smallest absolute Gasteiger partial charge is 0.306 e. The zero-order valence-corrected chi connectivity index (χ0v) is 18.6. The third-order valence-electron chi connectivity index (χ3n) is 5.61. The second-order valence-electron chi connectivity index (χ2n) is 7.95. The van der Waals surface area contributed by atoms with Gasteiger partial charge in [0, 0.05) is 19.4 Å². The average Bonchev–Trinajstić information content (AvgIpc) is 3.29. The molecule has 1 heterocycles. The van der Waals surface area contributed by atoms with Crippen LogP contribution >= 0.6 is 0 Å². The summed E-state index contributed by atoms with van der Waals surface area (Å²) in [6.07, 6.45) is 5.40. The first kappa shape index (κ1) is 25.3. The van der Waals surface area contributed by atoms with Crippen molar-refractivity contribution < 1.29 is 24.2 Å². The van der Waals surface area contributed by atoms with Crippen molar-refractivity contribution in [2.24, 2.45) is 5.92 Å². The molecule has 1 aromatic rings. The van der Waals surface area contributed by atoms with Crippen LogP contribution < -0.4 is 5.32 Å². The molecule has 0 saturated carbocycles. The molecule has 32 heavy (non-hydrogen) atoms. The first-order chi connectivity index (χ1) is 15.5. The van der Waals surface area contributed by atoms with Crippen LogP contribution in [0.25, 0.3) is 0 Å². The third-order valence-corrected chi connectivity index (χ3v) is 5.61. The van der Waals surface area contributed by atoms with Gasteiger partial charge in [0.1, 0.15) is 6.10 Å². The van der Waals surface area contributed by atoms with Gasteiger partial charge in [-0.25, -0.2) is 0 Å². The molecule has 1 fully saturated rings. The summed E-state index contributed by atoms with van der Waals surface area (Å²) in [6.45, 7) is 7.95. The summed E-state index contributed by atoms with van der Waals surface area (Å²) in [7, 11) is 0. The molecule has 0 unspecified atom stereocenters. The highest BCUT2D eigenvalue weighted by atomic mass is 16.5. The van der Waals surface area contributed by atoms with Crippen LogP contribution in [0.3, 0.4) is 0 Å². The minimum atomic E-state index is -0.630. The Balaban J connectivity index is 2.01. The van der Waals surface area contributed by atoms with Crippen LogP contribution in [0, 0.1) is 5.92 Å². The number of carbonyl (C=O) groups excluding carboxylic acids is 3. The fourth-order valence-electron chi connectivity index (χ4n) is 3.84. The van der Waals surface area contributed by atoms with Crippen molar-refractivity contribution >= 4 is 17.8 Å². The van der Waals surface area contributed by atoms with Gasteiger partial charge < -0.3 is 20.1 Å². The Bertz CT molecular complexity index is 780. The zero-order valence-electron chi connectivity index (χ0n) is 18.6. The Morgan fingerprint density at radius 3 is 2.62 bits per heavy atom. The predicted octanol–water partition coefficient (Wildman–Crippen LogP) is 2.92. The van der Waals surface area contributed by atoms with Gasteiger partial charge in [0.2, 0.25) is 11.8 Å². The molecule has 2 N–H and O–H groups in total. The van der Waals surface area contributed by atoms with Gasteiger partial charge in [0.25, 0.3) is 0 Å². The number of nitrogens with zero attached hydrogens (tertiary/aromatic N) is 1. The van der Waals surface area contributed by atoms with E-state index in [9.17, 15) is 19.5 Å². The predicted molar refractivity (Wildman–Crippen MR) is 122 cm³/mol. The number of esters is 1. The van der Waals surface area contributed by atoms with Crippen LogP contribution in [0.5, 0.6) is 0 Å². The van der Waals surface area contributed by atoms with Crippen LogP contribution in [0.1, 0.15) is 50.2 Å². The lowest BCUT2D eigenvalue weighted by molar-refractivity contribution is -0.150. The number of aliphatic hydroxyl groups excluding tert-OH is 1. The molecule has 7 heteroatoms. The van der Waals surface area contributed by atoms with E-state index in [1.54, 1.807) is 17.1 Å². The Labute approximate surface area is 190 Å². The molecule has 1 aliphatic rings. The highest BCUT2D eigenvalue weighted by molar-refractivity contribution is 5.86. The number of carbonyl (C=O) groups is 3. The lowest BCUT2D eigenvalue weighted by Gasteiger charge is -2.25. The van der Waals surface area contributed by atoms with Crippen LogP contribution in [0.15, 0.2) is 55.6 Å². The quantitative estimate of drug-likeness (QED) is 0.362. The summed E-state index contributed by atoms with van der Waals surface area (Å²) in [4.78, 5) is 39.4. The van der Waals surface area contributed by atoms with Gasteiger partial charge in [-0.1, -0.05) is 42.5 Å². The highest BCUT2D eigenvalue weighted by Crippen LogP contribution is 2.22. The van der Waals surface area contributed by atoms with Crippen LogP contribution in [-0.2, 0) is 19.1 Å². The van der Waals surface area contributed by atoms with E-state index in [0.29, 0.717) is 19.4 Å². The van der Waals surface area contributed by atoms with E-state index < -0.39 is 12.0 Å². The molecule has 0 aromatic heterocycles. The summed E-state index contributed by atoms with van der Waals surface area (Å²) >= 11 is 0. The number of ether oxygens (including phenoxy) is 1. The minimum absolute atomic E-state index is 0.0451. The number of likely N-dealkylation sites (tertiary alicyclic amines) is 1. The summed E-state index contributed by atoms with van der Waals surface area (Å²) in [5.41, 5.74) is 0.777. The maximum Gasteiger partial charge on any atom is 0.306 e. The number of rotatable bonds is 13. The second kappa shape index (κ2) is 13.5. The summed E-state index contributed by atoms with van der Waals surface area (Å²) in [5.74, 6) is -1.37. The lowest BCUT2D eigenvalue weighted by atomic mass is 9.99. The lowest BCUT2D eigenvalue weighted by Crippen LogP contribution is -2.41. The average molecular weight is 443 g/mol. The number of hydrogen-bond donors (Lipinski definition) is 2. The summed E-state index contributed by atoms with van der Waals surface area (Å²) in [5, 5.41) is 12.3. The molecule has 2 rings (SSSR count). The SMILES string of the molecule is C=CCCC(=O)O[C@@H](CNC(=O)[C@H](CC=C)CC(=O)N1CCC[C@H]1CO)c1ccccc1. The number of amides is 2. The summed E-state index contributed by atoms with van der Waals surface area (Å²) < 4.78 is 5.60. The zero-order chi connectivity index (χ0) is 23.3. The van der Waals surface area contributed by atoms with Gasteiger partial charge in [0.15, 0.2) is 0 Å². The van der Waals surface area contributed by atoms with Crippen molar-refractivity contribution in [1.29, 1.82) is 0 Å². The molecule has 0 radical (unpaired) electrons. The van der Waals surface area contributed by atoms with Gasteiger partial charge in [0.05, 0.1) is 25.1 Å². The van der Waals surface area contributed by atoms with E-state index in [4.69, 9.17) is 4.74 Å². The van der Waals surface area contributed by atoms with Crippen molar-refractivity contribution in [2.75, 3.05) is 19.7 Å². The number of hydrogen-bond acceptors (Lipinski definition) is 5. The van der Waals surface area contributed by atoms with Crippen LogP contribution in [0.4, 0.5) is 0 Å². The monoisotopic (exact) mass is 442 g/mol. The normalized spacial score (nSPS) is 17.3. The first-order valence-corrected chi connectivity index (χ1v) is 11.1. The van der Waals surface area contributed by atoms with E-state index in [2.05, 4.69) is 18.5 Å². The van der Waals surface area contributed by atoms with Gasteiger partial charge >= 0.3 is 5.97 Å². The minimum Gasteiger partial charge on any atom is -0.456 e. The molecular formula is C25H34N2O5. The van der Waals surface area contributed by atoms with E-state index in [1.807, 2.05) is 30.3 Å². The van der Waals surface area contributed by atoms with E-state index in [1.165, 1.54) is 0 Å². The molecule has 1 aromatic carbocycles. The number of benzene rings is 1. The fourth-order valence-corrected chi connectivity index (χ4v) is 3.84. The van der Waals surface area contributed by atoms with Gasteiger partial charge in [-0.2, -0.15) is 0 Å². The standard InChI is InChI=1S/C25H34N2O5/c1-3-5-14-24(30)32-22(19-11-7-6-8-12-19)17-26-25(31)20(10-4-2)16-23(29)27-15-9-13-21(27)18-28/h3-4,6-8,11-12,20-22,28H,1-2,5,9-10,13-18H2,(H,26,31)/t20-,21+,22+/m1/s1. The number of aliphatic hydroxyl groups is 1. The van der Waals surface area contributed by atoms with Crippen molar-refractivity contribution in [3.05, 3.63) is 61.2 Å². The molecular weight excluding hydrogens is 408 g/mol. The van der Waals surface area contributed by atoms with Crippen molar-refractivity contribution in [3.63, 3.8) is 0 Å². The molecule has 1 aliphatic heterocycles.